The summed E-state index contributed by atoms with van der Waals surface area (Å²) in [5, 5.41) is 8.97. The summed E-state index contributed by atoms with van der Waals surface area (Å²) in [6.07, 6.45) is 0.819. The molecule has 0 radical (unpaired) electrons. The Hall–Kier alpha value is -1.92. The van der Waals surface area contributed by atoms with Crippen molar-refractivity contribution in [2.45, 2.75) is 39.2 Å². The summed E-state index contributed by atoms with van der Waals surface area (Å²) in [6.45, 7) is 4.00. The van der Waals surface area contributed by atoms with E-state index >= 15 is 0 Å². The van der Waals surface area contributed by atoms with Gasteiger partial charge >= 0.3 is 0 Å². The van der Waals surface area contributed by atoms with Crippen molar-refractivity contribution in [2.75, 3.05) is 6.54 Å². The fraction of sp³-hybridized carbons (Fsp3) is 0.636. The quantitative estimate of drug-likeness (QED) is 0.604. The Morgan fingerprint density at radius 1 is 1.39 bits per heavy atom. The topological polar surface area (TPSA) is 99.7 Å². The molecule has 0 unspecified atom stereocenters. The van der Waals surface area contributed by atoms with Crippen LogP contribution in [-0.4, -0.2) is 36.0 Å². The number of rotatable bonds is 5. The highest BCUT2D eigenvalue weighted by atomic mass is 16.2. The zero-order chi connectivity index (χ0) is 13.5. The third-order valence-electron chi connectivity index (χ3n) is 2.25. The van der Waals surface area contributed by atoms with Crippen LogP contribution in [0, 0.1) is 0 Å². The van der Waals surface area contributed by atoms with Crippen LogP contribution < -0.4 is 16.1 Å². The number of hydrogen-bond donors (Lipinski definition) is 3. The van der Waals surface area contributed by atoms with Gasteiger partial charge < -0.3 is 10.6 Å². The monoisotopic (exact) mass is 254 g/mol. The number of nitrogens with one attached hydrogen (secondary N) is 3. The molecule has 0 aliphatic carbocycles. The van der Waals surface area contributed by atoms with Crippen LogP contribution in [0.3, 0.4) is 0 Å². The van der Waals surface area contributed by atoms with Gasteiger partial charge in [0.2, 0.25) is 11.8 Å². The molecule has 1 rings (SSSR count). The molecule has 0 aromatic carbocycles. The molecule has 7 heteroatoms. The van der Waals surface area contributed by atoms with Crippen molar-refractivity contribution in [3.05, 3.63) is 0 Å². The van der Waals surface area contributed by atoms with Crippen LogP contribution in [0.1, 0.15) is 33.1 Å². The molecule has 0 atom stereocenters. The van der Waals surface area contributed by atoms with Gasteiger partial charge in [-0.3, -0.25) is 14.4 Å². The fourth-order valence-corrected chi connectivity index (χ4v) is 1.42. The van der Waals surface area contributed by atoms with E-state index in [9.17, 15) is 14.4 Å². The van der Waals surface area contributed by atoms with E-state index in [0.717, 1.165) is 0 Å². The van der Waals surface area contributed by atoms with Crippen LogP contribution in [0.2, 0.25) is 0 Å². The molecule has 0 aromatic heterocycles. The number of carbonyl (C=O) groups is 3. The predicted molar refractivity (Wildman–Crippen MR) is 65.7 cm³/mol. The molecule has 0 aromatic rings. The predicted octanol–water partition coefficient (Wildman–Crippen LogP) is -0.717. The standard InChI is InChI=1S/C11H18N4O3/c1-7(2)13-9(16)5-6-12-11(18)8-3-4-10(17)15-14-8/h7H,3-6H2,1-2H3,(H,12,18)(H,13,16)(H,15,17). The van der Waals surface area contributed by atoms with Crippen LogP contribution in [-0.2, 0) is 14.4 Å². The van der Waals surface area contributed by atoms with Gasteiger partial charge in [-0.05, 0) is 13.8 Å². The normalized spacial score (nSPS) is 14.8. The van der Waals surface area contributed by atoms with E-state index in [2.05, 4.69) is 21.2 Å². The number of nitrogens with zero attached hydrogens (tertiary/aromatic N) is 1. The second-order valence-corrected chi connectivity index (χ2v) is 4.32. The Morgan fingerprint density at radius 2 is 2.11 bits per heavy atom. The van der Waals surface area contributed by atoms with Gasteiger partial charge in [-0.1, -0.05) is 0 Å². The van der Waals surface area contributed by atoms with E-state index in [1.54, 1.807) is 0 Å². The Kier molecular flexibility index (Phi) is 5.29. The van der Waals surface area contributed by atoms with Gasteiger partial charge in [0.15, 0.2) is 0 Å². The molecule has 0 saturated heterocycles. The molecule has 0 bridgehead atoms. The van der Waals surface area contributed by atoms with Gasteiger partial charge in [0.25, 0.3) is 5.91 Å². The average Bonchev–Trinajstić information content (AvgIpc) is 2.28. The molecule has 0 saturated carbocycles. The van der Waals surface area contributed by atoms with Gasteiger partial charge in [-0.15, -0.1) is 0 Å². The van der Waals surface area contributed by atoms with Gasteiger partial charge in [0.1, 0.15) is 5.71 Å². The second-order valence-electron chi connectivity index (χ2n) is 4.32. The first-order chi connectivity index (χ1) is 8.49. The third kappa shape index (κ3) is 4.94. The van der Waals surface area contributed by atoms with E-state index in [4.69, 9.17) is 0 Å². The molecule has 1 heterocycles. The summed E-state index contributed by atoms with van der Waals surface area (Å²) >= 11 is 0. The van der Waals surface area contributed by atoms with Crippen molar-refractivity contribution in [3.8, 4) is 0 Å². The van der Waals surface area contributed by atoms with Crippen molar-refractivity contribution >= 4 is 23.4 Å². The van der Waals surface area contributed by atoms with Crippen molar-refractivity contribution in [3.63, 3.8) is 0 Å². The maximum Gasteiger partial charge on any atom is 0.267 e. The highest BCUT2D eigenvalue weighted by molar-refractivity contribution is 6.39. The Bertz CT molecular complexity index is 376. The molecule has 1 aliphatic heterocycles. The summed E-state index contributed by atoms with van der Waals surface area (Å²) in [6, 6.07) is 0.0890. The van der Waals surface area contributed by atoms with Crippen LogP contribution in [0.25, 0.3) is 0 Å². The summed E-state index contributed by atoms with van der Waals surface area (Å²) in [4.78, 5) is 33.7. The number of hydrazone groups is 1. The average molecular weight is 254 g/mol. The zero-order valence-corrected chi connectivity index (χ0v) is 10.6. The van der Waals surface area contributed by atoms with Crippen LogP contribution in [0.4, 0.5) is 0 Å². The van der Waals surface area contributed by atoms with Gasteiger partial charge in [-0.25, -0.2) is 5.43 Å². The minimum absolute atomic E-state index is 0.0890. The lowest BCUT2D eigenvalue weighted by Gasteiger charge is -2.12. The lowest BCUT2D eigenvalue weighted by molar-refractivity contribution is -0.122. The molecule has 3 amide bonds. The molecule has 18 heavy (non-hydrogen) atoms. The first-order valence-corrected chi connectivity index (χ1v) is 5.92. The minimum Gasteiger partial charge on any atom is -0.354 e. The summed E-state index contributed by atoms with van der Waals surface area (Å²) in [7, 11) is 0. The van der Waals surface area contributed by atoms with Crippen LogP contribution in [0.5, 0.6) is 0 Å². The summed E-state index contributed by atoms with van der Waals surface area (Å²) in [5.74, 6) is -0.639. The van der Waals surface area contributed by atoms with E-state index in [1.807, 2.05) is 13.8 Å². The maximum atomic E-state index is 11.6. The SMILES string of the molecule is CC(C)NC(=O)CCNC(=O)C1=NNC(=O)CC1. The highest BCUT2D eigenvalue weighted by Crippen LogP contribution is 1.99. The van der Waals surface area contributed by atoms with Gasteiger partial charge in [0.05, 0.1) is 0 Å². The lowest BCUT2D eigenvalue weighted by atomic mass is 10.1. The summed E-state index contributed by atoms with van der Waals surface area (Å²) in [5.41, 5.74) is 2.54. The molecule has 0 fully saturated rings. The number of hydrogen-bond acceptors (Lipinski definition) is 4. The molecule has 7 nitrogen and oxygen atoms in total. The first kappa shape index (κ1) is 14.1. The number of amides is 3. The fourth-order valence-electron chi connectivity index (χ4n) is 1.42. The van der Waals surface area contributed by atoms with Crippen LogP contribution in [0.15, 0.2) is 5.10 Å². The molecular formula is C11H18N4O3. The second kappa shape index (κ2) is 6.73. The molecule has 3 N–H and O–H groups in total. The first-order valence-electron chi connectivity index (χ1n) is 5.92. The van der Waals surface area contributed by atoms with E-state index < -0.39 is 0 Å². The van der Waals surface area contributed by atoms with Crippen LogP contribution >= 0.6 is 0 Å². The minimum atomic E-state index is -0.340. The summed E-state index contributed by atoms with van der Waals surface area (Å²) < 4.78 is 0. The molecular weight excluding hydrogens is 236 g/mol. The largest absolute Gasteiger partial charge is 0.354 e. The van der Waals surface area contributed by atoms with Crippen molar-refractivity contribution in [1.82, 2.24) is 16.1 Å². The third-order valence-corrected chi connectivity index (χ3v) is 2.25. The molecule has 1 aliphatic rings. The smallest absolute Gasteiger partial charge is 0.267 e. The Morgan fingerprint density at radius 3 is 2.67 bits per heavy atom. The number of carbonyl (C=O) groups excluding carboxylic acids is 3. The van der Waals surface area contributed by atoms with E-state index in [-0.39, 0.29) is 43.1 Å². The van der Waals surface area contributed by atoms with E-state index in [0.29, 0.717) is 12.1 Å². The Labute approximate surface area is 105 Å². The zero-order valence-electron chi connectivity index (χ0n) is 10.6. The van der Waals surface area contributed by atoms with Gasteiger partial charge in [0, 0.05) is 31.8 Å². The molecule has 0 spiro atoms. The maximum absolute atomic E-state index is 11.6. The van der Waals surface area contributed by atoms with Crippen molar-refractivity contribution in [1.29, 1.82) is 0 Å². The highest BCUT2D eigenvalue weighted by Gasteiger charge is 2.17. The molecule has 100 valence electrons. The lowest BCUT2D eigenvalue weighted by Crippen LogP contribution is -2.39. The van der Waals surface area contributed by atoms with Crippen molar-refractivity contribution < 1.29 is 14.4 Å². The van der Waals surface area contributed by atoms with E-state index in [1.165, 1.54) is 0 Å². The van der Waals surface area contributed by atoms with Gasteiger partial charge in [-0.2, -0.15) is 5.10 Å². The Balaban J connectivity index is 2.25. The van der Waals surface area contributed by atoms with Crippen molar-refractivity contribution in [2.24, 2.45) is 5.10 Å².